The predicted molar refractivity (Wildman–Crippen MR) is 86.3 cm³/mol. The van der Waals surface area contributed by atoms with Gasteiger partial charge in [-0.1, -0.05) is 38.3 Å². The number of likely N-dealkylation sites (N-methyl/N-ethyl adjacent to an activating group) is 1. The van der Waals surface area contributed by atoms with Gasteiger partial charge in [0.1, 0.15) is 5.75 Å². The van der Waals surface area contributed by atoms with Crippen LogP contribution in [0.2, 0.25) is 0 Å². The molecule has 0 spiro atoms. The topological polar surface area (TPSA) is 24.5 Å². The molecule has 0 amide bonds. The summed E-state index contributed by atoms with van der Waals surface area (Å²) in [6, 6.07) is 8.31. The van der Waals surface area contributed by atoms with E-state index in [9.17, 15) is 0 Å². The number of nitrogens with one attached hydrogen (secondary N) is 1. The number of ether oxygens (including phenoxy) is 1. The van der Waals surface area contributed by atoms with Crippen molar-refractivity contribution >= 4 is 0 Å². The fourth-order valence-electron chi connectivity index (χ4n) is 2.19. The zero-order chi connectivity index (χ0) is 14.6. The fraction of sp³-hybridized carbons (Fsp3) is 0.647. The van der Waals surface area contributed by atoms with E-state index in [1.54, 1.807) is 7.11 Å². The van der Waals surface area contributed by atoms with E-state index in [-0.39, 0.29) is 0 Å². The van der Waals surface area contributed by atoms with Crippen molar-refractivity contribution in [3.05, 3.63) is 29.8 Å². The summed E-state index contributed by atoms with van der Waals surface area (Å²) < 4.78 is 5.17. The van der Waals surface area contributed by atoms with E-state index < -0.39 is 0 Å². The smallest absolute Gasteiger partial charge is 0.118 e. The zero-order valence-corrected chi connectivity index (χ0v) is 13.3. The summed E-state index contributed by atoms with van der Waals surface area (Å²) in [5.74, 6) is 0.921. The number of nitrogens with zero attached hydrogens (tertiary/aromatic N) is 1. The molecule has 0 aliphatic heterocycles. The Morgan fingerprint density at radius 1 is 1.05 bits per heavy atom. The molecule has 1 rings (SSSR count). The monoisotopic (exact) mass is 278 g/mol. The highest BCUT2D eigenvalue weighted by Gasteiger charge is 2.00. The maximum atomic E-state index is 5.17. The summed E-state index contributed by atoms with van der Waals surface area (Å²) >= 11 is 0. The van der Waals surface area contributed by atoms with Crippen molar-refractivity contribution in [3.8, 4) is 5.75 Å². The Hall–Kier alpha value is -1.06. The summed E-state index contributed by atoms with van der Waals surface area (Å²) in [5.41, 5.74) is 1.33. The highest BCUT2D eigenvalue weighted by atomic mass is 16.5. The molecule has 0 aliphatic rings. The molecule has 0 aliphatic carbocycles. The molecule has 1 aromatic carbocycles. The van der Waals surface area contributed by atoms with Crippen LogP contribution in [0.4, 0.5) is 0 Å². The van der Waals surface area contributed by atoms with Gasteiger partial charge in [-0.25, -0.2) is 0 Å². The molecular weight excluding hydrogens is 248 g/mol. The molecule has 3 heteroatoms. The summed E-state index contributed by atoms with van der Waals surface area (Å²) in [7, 11) is 3.87. The Balaban J connectivity index is 2.08. The van der Waals surface area contributed by atoms with Crippen molar-refractivity contribution in [1.29, 1.82) is 0 Å². The lowest BCUT2D eigenvalue weighted by atomic mass is 10.2. The molecule has 1 N–H and O–H groups in total. The summed E-state index contributed by atoms with van der Waals surface area (Å²) in [5, 5.41) is 3.52. The van der Waals surface area contributed by atoms with Crippen LogP contribution in [-0.4, -0.2) is 38.7 Å². The van der Waals surface area contributed by atoms with Gasteiger partial charge in [0.05, 0.1) is 7.11 Å². The molecular formula is C17H30N2O. The van der Waals surface area contributed by atoms with Crippen LogP contribution >= 0.6 is 0 Å². The van der Waals surface area contributed by atoms with Gasteiger partial charge in [-0.3, -0.25) is 0 Å². The van der Waals surface area contributed by atoms with Crippen LogP contribution in [0.25, 0.3) is 0 Å². The van der Waals surface area contributed by atoms with Gasteiger partial charge in [-0.05, 0) is 37.7 Å². The maximum absolute atomic E-state index is 5.17. The van der Waals surface area contributed by atoms with Crippen LogP contribution in [0.1, 0.15) is 38.2 Å². The summed E-state index contributed by atoms with van der Waals surface area (Å²) in [4.78, 5) is 2.35. The molecule has 0 unspecified atom stereocenters. The lowest BCUT2D eigenvalue weighted by molar-refractivity contribution is 0.323. The van der Waals surface area contributed by atoms with Crippen LogP contribution in [-0.2, 0) is 6.54 Å². The number of benzene rings is 1. The van der Waals surface area contributed by atoms with E-state index in [0.29, 0.717) is 0 Å². The second-order valence-corrected chi connectivity index (χ2v) is 5.40. The van der Waals surface area contributed by atoms with Crippen LogP contribution in [0.15, 0.2) is 24.3 Å². The second-order valence-electron chi connectivity index (χ2n) is 5.40. The molecule has 0 fully saturated rings. The Kier molecular flexibility index (Phi) is 9.09. The highest BCUT2D eigenvalue weighted by Crippen LogP contribution is 2.12. The van der Waals surface area contributed by atoms with E-state index in [1.807, 2.05) is 12.1 Å². The third-order valence-electron chi connectivity index (χ3n) is 3.49. The molecule has 20 heavy (non-hydrogen) atoms. The van der Waals surface area contributed by atoms with Crippen molar-refractivity contribution in [3.63, 3.8) is 0 Å². The van der Waals surface area contributed by atoms with Crippen molar-refractivity contribution in [2.24, 2.45) is 0 Å². The number of rotatable bonds is 11. The van der Waals surface area contributed by atoms with Gasteiger partial charge in [0, 0.05) is 19.6 Å². The molecule has 1 aromatic rings. The van der Waals surface area contributed by atoms with Crippen LogP contribution in [0.3, 0.4) is 0 Å². The summed E-state index contributed by atoms with van der Waals surface area (Å²) in [6.07, 6.45) is 5.32. The molecule has 0 bridgehead atoms. The first-order chi connectivity index (χ1) is 9.76. The molecule has 114 valence electrons. The van der Waals surface area contributed by atoms with Crippen molar-refractivity contribution in [2.75, 3.05) is 33.8 Å². The lowest BCUT2D eigenvalue weighted by Crippen LogP contribution is -2.29. The molecule has 0 saturated heterocycles. The first-order valence-corrected chi connectivity index (χ1v) is 7.78. The minimum atomic E-state index is 0.921. The van der Waals surface area contributed by atoms with Gasteiger partial charge in [-0.15, -0.1) is 0 Å². The first kappa shape index (κ1) is 17.0. The largest absolute Gasteiger partial charge is 0.497 e. The first-order valence-electron chi connectivity index (χ1n) is 7.78. The predicted octanol–water partition coefficient (Wildman–Crippen LogP) is 3.30. The van der Waals surface area contributed by atoms with E-state index in [4.69, 9.17) is 4.74 Å². The number of methoxy groups -OCH3 is 1. The van der Waals surface area contributed by atoms with Gasteiger partial charge in [0.15, 0.2) is 0 Å². The molecule has 0 aromatic heterocycles. The van der Waals surface area contributed by atoms with E-state index in [1.165, 1.54) is 31.2 Å². The lowest BCUT2D eigenvalue weighted by Gasteiger charge is -2.17. The Labute approximate surface area is 124 Å². The molecule has 0 atom stereocenters. The molecule has 0 radical (unpaired) electrons. The number of hydrogen-bond acceptors (Lipinski definition) is 3. The van der Waals surface area contributed by atoms with Gasteiger partial charge < -0.3 is 15.0 Å². The SMILES string of the molecule is CCCCCCNCCN(C)Cc1ccc(OC)cc1. The van der Waals surface area contributed by atoms with Gasteiger partial charge in [0.2, 0.25) is 0 Å². The minimum absolute atomic E-state index is 0.921. The average Bonchev–Trinajstić information content (AvgIpc) is 2.47. The standard InChI is InChI=1S/C17H30N2O/c1-4-5-6-7-12-18-13-14-19(2)15-16-8-10-17(20-3)11-9-16/h8-11,18H,4-7,12-15H2,1-3H3. The van der Waals surface area contributed by atoms with E-state index in [2.05, 4.69) is 36.3 Å². The number of hydrogen-bond donors (Lipinski definition) is 1. The van der Waals surface area contributed by atoms with Crippen LogP contribution < -0.4 is 10.1 Å². The van der Waals surface area contributed by atoms with Crippen molar-refractivity contribution in [1.82, 2.24) is 10.2 Å². The fourth-order valence-corrected chi connectivity index (χ4v) is 2.19. The van der Waals surface area contributed by atoms with Gasteiger partial charge >= 0.3 is 0 Å². The third kappa shape index (κ3) is 7.51. The van der Waals surface area contributed by atoms with Crippen molar-refractivity contribution < 1.29 is 4.74 Å². The average molecular weight is 278 g/mol. The minimum Gasteiger partial charge on any atom is -0.497 e. The molecule has 0 saturated carbocycles. The third-order valence-corrected chi connectivity index (χ3v) is 3.49. The second kappa shape index (κ2) is 10.7. The number of unbranched alkanes of at least 4 members (excludes halogenated alkanes) is 3. The Morgan fingerprint density at radius 2 is 1.80 bits per heavy atom. The van der Waals surface area contributed by atoms with Gasteiger partial charge in [0.25, 0.3) is 0 Å². The molecule has 0 heterocycles. The van der Waals surface area contributed by atoms with Crippen LogP contribution in [0, 0.1) is 0 Å². The van der Waals surface area contributed by atoms with E-state index >= 15 is 0 Å². The highest BCUT2D eigenvalue weighted by molar-refractivity contribution is 5.26. The quantitative estimate of drug-likeness (QED) is 0.629. The van der Waals surface area contributed by atoms with Crippen LogP contribution in [0.5, 0.6) is 5.75 Å². The molecule has 3 nitrogen and oxygen atoms in total. The van der Waals surface area contributed by atoms with Crippen molar-refractivity contribution in [2.45, 2.75) is 39.2 Å². The van der Waals surface area contributed by atoms with E-state index in [0.717, 1.165) is 31.9 Å². The Bertz CT molecular complexity index is 337. The Morgan fingerprint density at radius 3 is 2.45 bits per heavy atom. The summed E-state index contributed by atoms with van der Waals surface area (Å²) in [6.45, 7) is 6.54. The normalized spacial score (nSPS) is 11.0. The van der Waals surface area contributed by atoms with Gasteiger partial charge in [-0.2, -0.15) is 0 Å². The zero-order valence-electron chi connectivity index (χ0n) is 13.3. The maximum Gasteiger partial charge on any atom is 0.118 e.